The van der Waals surface area contributed by atoms with Crippen LogP contribution in [-0.4, -0.2) is 36.5 Å². The third-order valence-corrected chi connectivity index (χ3v) is 3.78. The van der Waals surface area contributed by atoms with Crippen LogP contribution in [-0.2, 0) is 0 Å². The number of hydrogen-bond acceptors (Lipinski definition) is 4. The van der Waals surface area contributed by atoms with Crippen LogP contribution in [0.2, 0.25) is 5.02 Å². The first-order valence-electron chi connectivity index (χ1n) is 7.58. The molecular formula is C17H19ClN4O3. The van der Waals surface area contributed by atoms with Crippen molar-refractivity contribution in [3.8, 4) is 0 Å². The molecule has 0 aliphatic heterocycles. The molecule has 0 radical (unpaired) electrons. The number of halogens is 1. The largest absolute Gasteiger partial charge is 0.330 e. The Labute approximate surface area is 150 Å². The van der Waals surface area contributed by atoms with E-state index >= 15 is 0 Å². The van der Waals surface area contributed by atoms with Gasteiger partial charge in [0.15, 0.2) is 0 Å². The van der Waals surface area contributed by atoms with Crippen molar-refractivity contribution in [1.82, 2.24) is 10.2 Å². The number of nitrogens with one attached hydrogen (secondary N) is 2. The number of urea groups is 1. The lowest BCUT2D eigenvalue weighted by atomic mass is 10.1. The summed E-state index contributed by atoms with van der Waals surface area (Å²) in [5.41, 5.74) is 1.15. The maximum atomic E-state index is 12.3. The van der Waals surface area contributed by atoms with Gasteiger partial charge < -0.3 is 15.5 Å². The monoisotopic (exact) mass is 362 g/mol. The fraction of sp³-hybridized carbons (Fsp3) is 0.235. The summed E-state index contributed by atoms with van der Waals surface area (Å²) in [6.45, 7) is 0.616. The van der Waals surface area contributed by atoms with Gasteiger partial charge in [-0.2, -0.15) is 0 Å². The average Bonchev–Trinajstić information content (AvgIpc) is 2.56. The number of rotatable bonds is 6. The number of hydrogen-bond donors (Lipinski definition) is 2. The summed E-state index contributed by atoms with van der Waals surface area (Å²) in [6, 6.07) is 12.8. The normalized spacial score (nSPS) is 11.8. The summed E-state index contributed by atoms with van der Waals surface area (Å²) in [4.78, 5) is 24.5. The first-order chi connectivity index (χ1) is 11.9. The van der Waals surface area contributed by atoms with Crippen molar-refractivity contribution < 1.29 is 9.72 Å². The first kappa shape index (κ1) is 18.7. The van der Waals surface area contributed by atoms with Crippen molar-refractivity contribution in [2.45, 2.75) is 6.04 Å². The molecule has 0 bridgehead atoms. The van der Waals surface area contributed by atoms with Gasteiger partial charge in [0.1, 0.15) is 0 Å². The predicted octanol–water partition coefficient (Wildman–Crippen LogP) is 3.67. The molecule has 2 aromatic carbocycles. The number of carbonyl (C=O) groups is 1. The van der Waals surface area contributed by atoms with E-state index in [2.05, 4.69) is 10.6 Å². The van der Waals surface area contributed by atoms with E-state index < -0.39 is 11.0 Å². The molecule has 0 aliphatic carbocycles. The molecule has 0 aromatic heterocycles. The third-order valence-electron chi connectivity index (χ3n) is 3.47. The summed E-state index contributed by atoms with van der Waals surface area (Å²) in [7, 11) is 3.84. The number of amides is 2. The Morgan fingerprint density at radius 1 is 1.24 bits per heavy atom. The number of benzene rings is 2. The lowest BCUT2D eigenvalue weighted by molar-refractivity contribution is -0.384. The minimum absolute atomic E-state index is 0.105. The second-order valence-electron chi connectivity index (χ2n) is 5.75. The zero-order chi connectivity index (χ0) is 18.4. The lowest BCUT2D eigenvalue weighted by Gasteiger charge is -2.23. The van der Waals surface area contributed by atoms with Gasteiger partial charge in [-0.1, -0.05) is 41.9 Å². The van der Waals surface area contributed by atoms with Gasteiger partial charge in [-0.3, -0.25) is 10.1 Å². The van der Waals surface area contributed by atoms with Gasteiger partial charge in [0.25, 0.3) is 5.69 Å². The van der Waals surface area contributed by atoms with Gasteiger partial charge in [0.05, 0.1) is 21.7 Å². The number of nitro benzene ring substituents is 1. The van der Waals surface area contributed by atoms with E-state index in [0.29, 0.717) is 12.2 Å². The Balaban J connectivity index is 2.10. The van der Waals surface area contributed by atoms with E-state index in [0.717, 1.165) is 5.56 Å². The van der Waals surface area contributed by atoms with Crippen molar-refractivity contribution in [3.05, 3.63) is 69.2 Å². The summed E-state index contributed by atoms with van der Waals surface area (Å²) in [5, 5.41) is 16.4. The van der Waals surface area contributed by atoms with Crippen LogP contribution in [0.25, 0.3) is 0 Å². The Hall–Kier alpha value is -2.64. The number of anilines is 1. The molecule has 1 unspecified atom stereocenters. The minimum atomic E-state index is -0.543. The Bertz CT molecular complexity index is 753. The van der Waals surface area contributed by atoms with Crippen LogP contribution in [0.15, 0.2) is 48.5 Å². The molecule has 2 aromatic rings. The van der Waals surface area contributed by atoms with E-state index in [9.17, 15) is 14.9 Å². The van der Waals surface area contributed by atoms with Crippen LogP contribution in [0, 0.1) is 10.1 Å². The summed E-state index contributed by atoms with van der Waals surface area (Å²) in [5.74, 6) is 0. The van der Waals surface area contributed by atoms with Gasteiger partial charge in [-0.15, -0.1) is 0 Å². The predicted molar refractivity (Wildman–Crippen MR) is 98.0 cm³/mol. The van der Waals surface area contributed by atoms with Crippen LogP contribution in [0.5, 0.6) is 0 Å². The molecule has 0 saturated carbocycles. The van der Waals surface area contributed by atoms with Crippen molar-refractivity contribution in [2.24, 2.45) is 0 Å². The van der Waals surface area contributed by atoms with Crippen molar-refractivity contribution >= 4 is 29.0 Å². The topological polar surface area (TPSA) is 87.5 Å². The molecule has 7 nitrogen and oxygen atoms in total. The number of carbonyl (C=O) groups excluding carboxylic acids is 1. The molecule has 2 rings (SSSR count). The molecule has 0 fully saturated rings. The highest BCUT2D eigenvalue weighted by atomic mass is 35.5. The van der Waals surface area contributed by atoms with E-state index in [-0.39, 0.29) is 16.8 Å². The highest BCUT2D eigenvalue weighted by molar-refractivity contribution is 6.33. The average molecular weight is 363 g/mol. The van der Waals surface area contributed by atoms with Crippen LogP contribution >= 0.6 is 11.6 Å². The van der Waals surface area contributed by atoms with Crippen molar-refractivity contribution in [3.63, 3.8) is 0 Å². The number of non-ortho nitro benzene ring substituents is 1. The summed E-state index contributed by atoms with van der Waals surface area (Å²) >= 11 is 6.00. The quantitative estimate of drug-likeness (QED) is 0.606. The maximum absolute atomic E-state index is 12.3. The number of nitrogens with zero attached hydrogens (tertiary/aromatic N) is 2. The van der Waals surface area contributed by atoms with Gasteiger partial charge in [-0.25, -0.2) is 4.79 Å². The molecule has 0 saturated heterocycles. The van der Waals surface area contributed by atoms with Crippen molar-refractivity contribution in [1.29, 1.82) is 0 Å². The lowest BCUT2D eigenvalue weighted by Crippen LogP contribution is -2.37. The number of nitro groups is 1. The molecule has 8 heteroatoms. The highest BCUT2D eigenvalue weighted by Gasteiger charge is 2.17. The molecule has 2 N–H and O–H groups in total. The van der Waals surface area contributed by atoms with Crippen LogP contribution < -0.4 is 10.6 Å². The van der Waals surface area contributed by atoms with Crippen molar-refractivity contribution in [2.75, 3.05) is 26.0 Å². The van der Waals surface area contributed by atoms with E-state index in [1.54, 1.807) is 0 Å². The van der Waals surface area contributed by atoms with Gasteiger partial charge >= 0.3 is 6.03 Å². The molecule has 1 atom stereocenters. The Kier molecular flexibility index (Phi) is 6.32. The third kappa shape index (κ3) is 5.44. The Morgan fingerprint density at radius 2 is 1.92 bits per heavy atom. The van der Waals surface area contributed by atoms with E-state index in [4.69, 9.17) is 11.6 Å². The molecule has 25 heavy (non-hydrogen) atoms. The van der Waals surface area contributed by atoms with Crippen LogP contribution in [0.1, 0.15) is 11.6 Å². The Morgan fingerprint density at radius 3 is 2.48 bits per heavy atom. The summed E-state index contributed by atoms with van der Waals surface area (Å²) < 4.78 is 0. The molecular weight excluding hydrogens is 344 g/mol. The van der Waals surface area contributed by atoms with Crippen LogP contribution in [0.4, 0.5) is 16.2 Å². The van der Waals surface area contributed by atoms with Gasteiger partial charge in [0.2, 0.25) is 0 Å². The maximum Gasteiger partial charge on any atom is 0.319 e. The fourth-order valence-electron chi connectivity index (χ4n) is 2.32. The highest BCUT2D eigenvalue weighted by Crippen LogP contribution is 2.26. The molecule has 0 spiro atoms. The minimum Gasteiger partial charge on any atom is -0.330 e. The smallest absolute Gasteiger partial charge is 0.319 e. The SMILES string of the molecule is CN(C)CC(NC(=O)Nc1ccc([N+](=O)[O-])cc1Cl)c1ccccc1. The summed E-state index contributed by atoms with van der Waals surface area (Å²) in [6.07, 6.45) is 0. The standard InChI is InChI=1S/C17H19ClN4O3/c1-21(2)11-16(12-6-4-3-5-7-12)20-17(23)19-15-9-8-13(22(24)25)10-14(15)18/h3-10,16H,11H2,1-2H3,(H2,19,20,23). The zero-order valence-electron chi connectivity index (χ0n) is 13.9. The molecule has 0 heterocycles. The number of likely N-dealkylation sites (N-methyl/N-ethyl adjacent to an activating group) is 1. The second-order valence-corrected chi connectivity index (χ2v) is 6.15. The zero-order valence-corrected chi connectivity index (χ0v) is 14.7. The van der Waals surface area contributed by atoms with E-state index in [1.165, 1.54) is 18.2 Å². The molecule has 2 amide bonds. The molecule has 132 valence electrons. The fourth-order valence-corrected chi connectivity index (χ4v) is 2.54. The van der Waals surface area contributed by atoms with E-state index in [1.807, 2.05) is 49.3 Å². The van der Waals surface area contributed by atoms with Gasteiger partial charge in [0, 0.05) is 18.7 Å². The first-order valence-corrected chi connectivity index (χ1v) is 7.95. The van der Waals surface area contributed by atoms with Crippen LogP contribution in [0.3, 0.4) is 0 Å². The van der Waals surface area contributed by atoms with Gasteiger partial charge in [-0.05, 0) is 25.7 Å². The second kappa shape index (κ2) is 8.46. The molecule has 0 aliphatic rings.